The molecule has 5 nitrogen and oxygen atoms in total. The molecule has 0 aromatic heterocycles. The van der Waals surface area contributed by atoms with Crippen LogP contribution in [0.5, 0.6) is 17.2 Å². The van der Waals surface area contributed by atoms with Crippen LogP contribution < -0.4 is 14.2 Å². The topological polar surface area (TPSA) is 65.0 Å². The third kappa shape index (κ3) is 4.15. The first kappa shape index (κ1) is 15.7. The van der Waals surface area contributed by atoms with Crippen molar-refractivity contribution in [1.29, 1.82) is 0 Å². The minimum absolute atomic E-state index is 0.342. The van der Waals surface area contributed by atoms with Crippen LogP contribution in [0.4, 0.5) is 0 Å². The van der Waals surface area contributed by atoms with E-state index in [4.69, 9.17) is 19.3 Å². The molecule has 2 rings (SSSR count). The fourth-order valence-electron chi connectivity index (χ4n) is 2.07. The zero-order valence-corrected chi connectivity index (χ0v) is 12.5. The van der Waals surface area contributed by atoms with Gasteiger partial charge in [0.15, 0.2) is 6.61 Å². The van der Waals surface area contributed by atoms with Crippen molar-refractivity contribution in [2.24, 2.45) is 0 Å². The second-order valence-electron chi connectivity index (χ2n) is 4.68. The van der Waals surface area contributed by atoms with Crippen molar-refractivity contribution in [3.05, 3.63) is 53.6 Å². The average molecular weight is 302 g/mol. The second kappa shape index (κ2) is 7.36. The Labute approximate surface area is 129 Å². The molecule has 0 saturated carbocycles. The van der Waals surface area contributed by atoms with E-state index in [0.29, 0.717) is 12.2 Å². The van der Waals surface area contributed by atoms with Crippen molar-refractivity contribution in [3.8, 4) is 17.2 Å². The minimum Gasteiger partial charge on any atom is -0.497 e. The van der Waals surface area contributed by atoms with Crippen molar-refractivity contribution >= 4 is 5.97 Å². The molecule has 0 heterocycles. The van der Waals surface area contributed by atoms with Crippen molar-refractivity contribution in [2.75, 3.05) is 20.8 Å². The molecule has 22 heavy (non-hydrogen) atoms. The van der Waals surface area contributed by atoms with Gasteiger partial charge in [0.2, 0.25) is 0 Å². The van der Waals surface area contributed by atoms with Gasteiger partial charge in [0.1, 0.15) is 17.2 Å². The summed E-state index contributed by atoms with van der Waals surface area (Å²) in [7, 11) is 3.24. The Morgan fingerprint density at radius 1 is 1.00 bits per heavy atom. The molecule has 0 saturated heterocycles. The highest BCUT2D eigenvalue weighted by molar-refractivity contribution is 5.68. The summed E-state index contributed by atoms with van der Waals surface area (Å²) in [5, 5.41) is 8.58. The van der Waals surface area contributed by atoms with E-state index < -0.39 is 5.97 Å². The summed E-state index contributed by atoms with van der Waals surface area (Å²) in [6, 6.07) is 13.0. The maximum atomic E-state index is 10.5. The van der Waals surface area contributed by atoms with Crippen LogP contribution in [0.3, 0.4) is 0 Å². The van der Waals surface area contributed by atoms with E-state index in [1.807, 2.05) is 30.3 Å². The SMILES string of the molecule is COc1ccc(Cc2ccc(OCC(=O)O)cc2)c(OC)c1. The van der Waals surface area contributed by atoms with E-state index >= 15 is 0 Å². The molecule has 2 aromatic carbocycles. The highest BCUT2D eigenvalue weighted by Gasteiger charge is 2.06. The van der Waals surface area contributed by atoms with Crippen molar-refractivity contribution < 1.29 is 24.1 Å². The number of rotatable bonds is 7. The predicted molar refractivity (Wildman–Crippen MR) is 81.9 cm³/mol. The van der Waals surface area contributed by atoms with E-state index in [1.54, 1.807) is 26.4 Å². The first-order chi connectivity index (χ1) is 10.6. The molecule has 0 aliphatic heterocycles. The van der Waals surface area contributed by atoms with E-state index in [0.717, 1.165) is 22.6 Å². The lowest BCUT2D eigenvalue weighted by Gasteiger charge is -2.11. The second-order valence-corrected chi connectivity index (χ2v) is 4.68. The first-order valence-electron chi connectivity index (χ1n) is 6.77. The van der Waals surface area contributed by atoms with Crippen LogP contribution in [0.2, 0.25) is 0 Å². The van der Waals surface area contributed by atoms with Crippen LogP contribution >= 0.6 is 0 Å². The summed E-state index contributed by atoms with van der Waals surface area (Å²) in [6.07, 6.45) is 0.701. The van der Waals surface area contributed by atoms with Gasteiger partial charge in [-0.25, -0.2) is 4.79 Å². The Hall–Kier alpha value is -2.69. The lowest BCUT2D eigenvalue weighted by molar-refractivity contribution is -0.139. The van der Waals surface area contributed by atoms with Crippen molar-refractivity contribution in [3.63, 3.8) is 0 Å². The monoisotopic (exact) mass is 302 g/mol. The molecule has 0 spiro atoms. The maximum absolute atomic E-state index is 10.5. The van der Waals surface area contributed by atoms with E-state index in [2.05, 4.69) is 0 Å². The van der Waals surface area contributed by atoms with Crippen molar-refractivity contribution in [1.82, 2.24) is 0 Å². The third-order valence-corrected chi connectivity index (χ3v) is 3.17. The number of benzene rings is 2. The van der Waals surface area contributed by atoms with Gasteiger partial charge in [0, 0.05) is 12.5 Å². The standard InChI is InChI=1S/C17H18O5/c1-20-15-8-5-13(16(10-15)21-2)9-12-3-6-14(7-4-12)22-11-17(18)19/h3-8,10H,9,11H2,1-2H3,(H,18,19). The molecule has 0 aliphatic carbocycles. The first-order valence-corrected chi connectivity index (χ1v) is 6.77. The Morgan fingerprint density at radius 3 is 2.27 bits per heavy atom. The lowest BCUT2D eigenvalue weighted by atomic mass is 10.0. The van der Waals surface area contributed by atoms with Crippen LogP contribution in [-0.4, -0.2) is 31.9 Å². The number of carboxylic acids is 1. The summed E-state index contributed by atoms with van der Waals surface area (Å²) in [6.45, 7) is -0.342. The molecule has 0 aliphatic rings. The predicted octanol–water partition coefficient (Wildman–Crippen LogP) is 2.76. The third-order valence-electron chi connectivity index (χ3n) is 3.17. The molecule has 0 unspecified atom stereocenters. The highest BCUT2D eigenvalue weighted by atomic mass is 16.5. The fourth-order valence-corrected chi connectivity index (χ4v) is 2.07. The van der Waals surface area contributed by atoms with Gasteiger partial charge >= 0.3 is 5.97 Å². The van der Waals surface area contributed by atoms with Gasteiger partial charge in [0.25, 0.3) is 0 Å². The quantitative estimate of drug-likeness (QED) is 0.852. The Morgan fingerprint density at radius 2 is 1.68 bits per heavy atom. The number of carboxylic acid groups (broad SMARTS) is 1. The number of methoxy groups -OCH3 is 2. The summed E-state index contributed by atoms with van der Waals surface area (Å²) in [5.41, 5.74) is 2.12. The zero-order chi connectivity index (χ0) is 15.9. The molecule has 116 valence electrons. The number of carbonyl (C=O) groups is 1. The molecular weight excluding hydrogens is 284 g/mol. The largest absolute Gasteiger partial charge is 0.497 e. The number of hydrogen-bond acceptors (Lipinski definition) is 4. The fraction of sp³-hybridized carbons (Fsp3) is 0.235. The van der Waals surface area contributed by atoms with Crippen LogP contribution in [0.1, 0.15) is 11.1 Å². The Kier molecular flexibility index (Phi) is 5.25. The Bertz CT molecular complexity index is 634. The van der Waals surface area contributed by atoms with E-state index in [-0.39, 0.29) is 6.61 Å². The molecule has 0 amide bonds. The van der Waals surface area contributed by atoms with Gasteiger partial charge in [-0.3, -0.25) is 0 Å². The van der Waals surface area contributed by atoms with Gasteiger partial charge in [-0.1, -0.05) is 18.2 Å². The minimum atomic E-state index is -0.993. The van der Waals surface area contributed by atoms with E-state index in [1.165, 1.54) is 0 Å². The van der Waals surface area contributed by atoms with Crippen LogP contribution in [0.15, 0.2) is 42.5 Å². The van der Waals surface area contributed by atoms with Crippen LogP contribution in [0, 0.1) is 0 Å². The molecule has 0 radical (unpaired) electrons. The van der Waals surface area contributed by atoms with Gasteiger partial charge < -0.3 is 19.3 Å². The lowest BCUT2D eigenvalue weighted by Crippen LogP contribution is -2.09. The molecule has 1 N–H and O–H groups in total. The van der Waals surface area contributed by atoms with Crippen LogP contribution in [-0.2, 0) is 11.2 Å². The van der Waals surface area contributed by atoms with Crippen molar-refractivity contribution in [2.45, 2.75) is 6.42 Å². The van der Waals surface area contributed by atoms with Gasteiger partial charge in [-0.05, 0) is 29.3 Å². The molecule has 5 heteroatoms. The number of aliphatic carboxylic acids is 1. The number of ether oxygens (including phenoxy) is 3. The normalized spacial score (nSPS) is 10.1. The van der Waals surface area contributed by atoms with Gasteiger partial charge in [-0.2, -0.15) is 0 Å². The molecule has 0 fully saturated rings. The molecule has 0 bridgehead atoms. The zero-order valence-electron chi connectivity index (χ0n) is 12.5. The van der Waals surface area contributed by atoms with Crippen LogP contribution in [0.25, 0.3) is 0 Å². The van der Waals surface area contributed by atoms with Gasteiger partial charge in [-0.15, -0.1) is 0 Å². The van der Waals surface area contributed by atoms with Gasteiger partial charge in [0.05, 0.1) is 14.2 Å². The summed E-state index contributed by atoms with van der Waals surface area (Å²) in [4.78, 5) is 10.5. The summed E-state index contributed by atoms with van der Waals surface area (Å²) < 4.78 is 15.7. The molecule has 0 atom stereocenters. The number of hydrogen-bond donors (Lipinski definition) is 1. The smallest absolute Gasteiger partial charge is 0.341 e. The highest BCUT2D eigenvalue weighted by Crippen LogP contribution is 2.27. The average Bonchev–Trinajstić information content (AvgIpc) is 2.54. The Balaban J connectivity index is 2.09. The molecule has 2 aromatic rings. The molecular formula is C17H18O5. The maximum Gasteiger partial charge on any atom is 0.341 e. The van der Waals surface area contributed by atoms with E-state index in [9.17, 15) is 4.79 Å². The summed E-state index contributed by atoms with van der Waals surface area (Å²) in [5.74, 6) is 1.06. The summed E-state index contributed by atoms with van der Waals surface area (Å²) >= 11 is 0.